The van der Waals surface area contributed by atoms with Gasteiger partial charge in [-0.15, -0.1) is 0 Å². The van der Waals surface area contributed by atoms with Crippen LogP contribution in [0.2, 0.25) is 0 Å². The summed E-state index contributed by atoms with van der Waals surface area (Å²) in [5, 5.41) is 0. The molecular formula is C10H10F14O5S. The van der Waals surface area contributed by atoms with Crippen molar-refractivity contribution < 1.29 is 83.9 Å². The molecule has 30 heavy (non-hydrogen) atoms. The van der Waals surface area contributed by atoms with Crippen LogP contribution < -0.4 is 0 Å². The van der Waals surface area contributed by atoms with Gasteiger partial charge in [0.2, 0.25) is 6.10 Å². The molecule has 0 bridgehead atoms. The summed E-state index contributed by atoms with van der Waals surface area (Å²) in [5.41, 5.74) is -6.80. The number of alkyl halides is 14. The Balaban J connectivity index is 0. The molecule has 0 aromatic carbocycles. The van der Waals surface area contributed by atoms with Crippen molar-refractivity contribution in [1.82, 2.24) is 0 Å². The van der Waals surface area contributed by atoms with Gasteiger partial charge in [0.15, 0.2) is 0 Å². The van der Waals surface area contributed by atoms with Gasteiger partial charge in [-0.3, -0.25) is 18.4 Å². The summed E-state index contributed by atoms with van der Waals surface area (Å²) in [6.07, 6.45) is -30.8. The fourth-order valence-electron chi connectivity index (χ4n) is 0.995. The predicted molar refractivity (Wildman–Crippen MR) is 65.6 cm³/mol. The zero-order valence-corrected chi connectivity index (χ0v) is 14.7. The van der Waals surface area contributed by atoms with Crippen molar-refractivity contribution in [2.45, 2.75) is 55.6 Å². The third kappa shape index (κ3) is 7.84. The summed E-state index contributed by atoms with van der Waals surface area (Å²) in [4.78, 5) is 0. The fourth-order valence-corrected chi connectivity index (χ4v) is 1.22. The lowest BCUT2D eigenvalue weighted by atomic mass is 10.2. The highest BCUT2D eigenvalue weighted by Crippen LogP contribution is 2.51. The average molecular weight is 508 g/mol. The standard InChI is InChI=1S/C7H3F13O5S.C3H7F/c8-2(9)1(3(10,11)12)24-6(17,18)4(13,5(14,15)16)25-7(19,20)26(21,22)23;1-2-3-4/h1-2H,(H,21,22,23);2-3H2,1H3. The zero-order chi connectivity index (χ0) is 25.0. The Morgan fingerprint density at radius 3 is 1.47 bits per heavy atom. The van der Waals surface area contributed by atoms with Gasteiger partial charge in [-0.25, -0.2) is 8.78 Å². The number of rotatable bonds is 8. The topological polar surface area (TPSA) is 72.8 Å². The van der Waals surface area contributed by atoms with Crippen LogP contribution in [0.15, 0.2) is 0 Å². The summed E-state index contributed by atoms with van der Waals surface area (Å²) < 4.78 is 204. The van der Waals surface area contributed by atoms with E-state index >= 15 is 0 Å². The van der Waals surface area contributed by atoms with E-state index in [0.717, 1.165) is 0 Å². The van der Waals surface area contributed by atoms with Crippen molar-refractivity contribution >= 4 is 10.1 Å². The first kappa shape index (κ1) is 31.0. The Kier molecular flexibility index (Phi) is 10.3. The highest BCUT2D eigenvalue weighted by Gasteiger charge is 2.80. The highest BCUT2D eigenvalue weighted by atomic mass is 32.2. The van der Waals surface area contributed by atoms with E-state index in [1.807, 2.05) is 4.74 Å². The lowest BCUT2D eigenvalue weighted by molar-refractivity contribution is -0.502. The molecule has 0 aliphatic rings. The van der Waals surface area contributed by atoms with E-state index in [0.29, 0.717) is 6.42 Å². The molecule has 2 unspecified atom stereocenters. The lowest BCUT2D eigenvalue weighted by Crippen LogP contribution is -2.63. The predicted octanol–water partition coefficient (Wildman–Crippen LogP) is 4.84. The van der Waals surface area contributed by atoms with Gasteiger partial charge in [-0.1, -0.05) is 6.92 Å². The Morgan fingerprint density at radius 2 is 1.27 bits per heavy atom. The monoisotopic (exact) mass is 508 g/mol. The second-order valence-electron chi connectivity index (χ2n) is 4.75. The summed E-state index contributed by atoms with van der Waals surface area (Å²) in [5.74, 6) is -7.42. The molecule has 0 aromatic rings. The van der Waals surface area contributed by atoms with Crippen molar-refractivity contribution in [2.24, 2.45) is 0 Å². The van der Waals surface area contributed by atoms with Crippen LogP contribution >= 0.6 is 0 Å². The lowest BCUT2D eigenvalue weighted by Gasteiger charge is -2.36. The third-order valence-electron chi connectivity index (χ3n) is 2.31. The number of hydrogen-bond donors (Lipinski definition) is 1. The Labute approximate surface area is 157 Å². The maximum Gasteiger partial charge on any atom is 0.491 e. The fraction of sp³-hybridized carbons (Fsp3) is 1.00. The molecule has 0 amide bonds. The molecule has 0 heterocycles. The Bertz CT molecular complexity index is 628. The number of hydrogen-bond acceptors (Lipinski definition) is 4. The van der Waals surface area contributed by atoms with E-state index < -0.39 is 52.4 Å². The number of ether oxygens (including phenoxy) is 2. The maximum absolute atomic E-state index is 13.4. The summed E-state index contributed by atoms with van der Waals surface area (Å²) >= 11 is 0. The minimum Gasteiger partial charge on any atom is -0.297 e. The molecule has 0 radical (unpaired) electrons. The Hall–Kier alpha value is -1.15. The van der Waals surface area contributed by atoms with Crippen molar-refractivity contribution in [1.29, 1.82) is 0 Å². The number of halogens is 14. The van der Waals surface area contributed by atoms with E-state index in [1.54, 1.807) is 11.7 Å². The molecule has 0 spiro atoms. The second-order valence-corrected chi connectivity index (χ2v) is 6.18. The van der Waals surface area contributed by atoms with Crippen LogP contribution in [0, 0.1) is 0 Å². The zero-order valence-electron chi connectivity index (χ0n) is 13.8. The molecule has 0 saturated carbocycles. The minimum atomic E-state index is -7.47. The first-order chi connectivity index (χ1) is 12.9. The van der Waals surface area contributed by atoms with Crippen molar-refractivity contribution in [3.8, 4) is 0 Å². The van der Waals surface area contributed by atoms with Crippen LogP contribution in [0.4, 0.5) is 61.5 Å². The van der Waals surface area contributed by atoms with Crippen LogP contribution in [0.25, 0.3) is 0 Å². The van der Waals surface area contributed by atoms with E-state index in [4.69, 9.17) is 4.55 Å². The van der Waals surface area contributed by atoms with E-state index in [2.05, 4.69) is 0 Å². The van der Waals surface area contributed by atoms with Crippen LogP contribution in [0.1, 0.15) is 13.3 Å². The first-order valence-corrected chi connectivity index (χ1v) is 8.12. The quantitative estimate of drug-likeness (QED) is 0.376. The van der Waals surface area contributed by atoms with Gasteiger partial charge < -0.3 is 0 Å². The molecule has 184 valence electrons. The molecule has 5 nitrogen and oxygen atoms in total. The molecule has 0 saturated heterocycles. The molecule has 0 aliphatic heterocycles. The van der Waals surface area contributed by atoms with Crippen LogP contribution in [0.5, 0.6) is 0 Å². The summed E-state index contributed by atoms with van der Waals surface area (Å²) in [6, 6.07) is 0. The second kappa shape index (κ2) is 9.98. The van der Waals surface area contributed by atoms with E-state index in [9.17, 15) is 69.9 Å². The van der Waals surface area contributed by atoms with Crippen molar-refractivity contribution in [3.05, 3.63) is 0 Å². The first-order valence-electron chi connectivity index (χ1n) is 6.68. The smallest absolute Gasteiger partial charge is 0.297 e. The molecule has 2 atom stereocenters. The van der Waals surface area contributed by atoms with Gasteiger partial charge in [-0.05, 0) is 6.42 Å². The van der Waals surface area contributed by atoms with Gasteiger partial charge >= 0.3 is 39.9 Å². The van der Waals surface area contributed by atoms with E-state index in [1.165, 1.54) is 0 Å². The van der Waals surface area contributed by atoms with Gasteiger partial charge in [0.1, 0.15) is 0 Å². The van der Waals surface area contributed by atoms with Crippen LogP contribution in [0.3, 0.4) is 0 Å². The average Bonchev–Trinajstić information content (AvgIpc) is 2.48. The molecule has 1 N–H and O–H groups in total. The molecule has 0 fully saturated rings. The summed E-state index contributed by atoms with van der Waals surface area (Å²) in [6.45, 7) is 1.62. The van der Waals surface area contributed by atoms with Gasteiger partial charge in [-0.2, -0.15) is 56.7 Å². The largest absolute Gasteiger partial charge is 0.491 e. The van der Waals surface area contributed by atoms with Crippen molar-refractivity contribution in [3.63, 3.8) is 0 Å². The molecule has 0 aliphatic carbocycles. The van der Waals surface area contributed by atoms with Gasteiger partial charge in [0.25, 0.3) is 6.43 Å². The summed E-state index contributed by atoms with van der Waals surface area (Å²) in [7, 11) is -7.18. The minimum absolute atomic E-state index is 0.181. The molecule has 0 aromatic heterocycles. The Morgan fingerprint density at radius 1 is 0.900 bits per heavy atom. The van der Waals surface area contributed by atoms with Crippen LogP contribution in [-0.4, -0.2) is 61.9 Å². The van der Waals surface area contributed by atoms with Crippen molar-refractivity contribution in [2.75, 3.05) is 6.67 Å². The van der Waals surface area contributed by atoms with Crippen LogP contribution in [-0.2, 0) is 19.6 Å². The molecular weight excluding hydrogens is 498 g/mol. The maximum atomic E-state index is 13.4. The molecule has 0 rings (SSSR count). The molecule has 20 heteroatoms. The van der Waals surface area contributed by atoms with Gasteiger partial charge in [0, 0.05) is 0 Å². The highest BCUT2D eigenvalue weighted by molar-refractivity contribution is 7.86. The normalized spacial score (nSPS) is 17.2. The SMILES string of the molecule is CCCF.O=S(=O)(O)C(F)(F)OC(F)(C(F)(F)F)C(F)(F)OC(C(F)F)C(F)(F)F. The van der Waals surface area contributed by atoms with Gasteiger partial charge in [0.05, 0.1) is 6.67 Å². The third-order valence-corrected chi connectivity index (χ3v) is 3.00. The van der Waals surface area contributed by atoms with E-state index in [-0.39, 0.29) is 6.67 Å².